The van der Waals surface area contributed by atoms with Crippen molar-refractivity contribution in [3.63, 3.8) is 0 Å². The van der Waals surface area contributed by atoms with Gasteiger partial charge in [0, 0.05) is 53.8 Å². The fourth-order valence-corrected chi connectivity index (χ4v) is 5.90. The molecule has 42 heavy (non-hydrogen) atoms. The number of rotatable bonds is 15. The second kappa shape index (κ2) is 15.9. The SMILES string of the molecule is CC1=CCC(C)C(CC(CCCC(O)CN(Cc2cccc(C)n2)Cc2cccc(C)n2)CCc2cccc(C)n2)=N1. The van der Waals surface area contributed by atoms with E-state index in [1.165, 1.54) is 11.4 Å². The topological polar surface area (TPSA) is 74.5 Å². The van der Waals surface area contributed by atoms with Crippen LogP contribution in [0.5, 0.6) is 0 Å². The van der Waals surface area contributed by atoms with E-state index in [1.807, 2.05) is 26.0 Å². The van der Waals surface area contributed by atoms with Gasteiger partial charge in [-0.1, -0.05) is 37.6 Å². The predicted molar refractivity (Wildman–Crippen MR) is 172 cm³/mol. The Kier molecular flexibility index (Phi) is 12.0. The van der Waals surface area contributed by atoms with E-state index in [2.05, 4.69) is 74.2 Å². The first-order valence-corrected chi connectivity index (χ1v) is 15.7. The quantitative estimate of drug-likeness (QED) is 0.208. The summed E-state index contributed by atoms with van der Waals surface area (Å²) in [6.07, 6.45) is 8.86. The van der Waals surface area contributed by atoms with E-state index < -0.39 is 6.10 Å². The monoisotopic (exact) mass is 567 g/mol. The van der Waals surface area contributed by atoms with E-state index in [0.717, 1.165) is 79.1 Å². The summed E-state index contributed by atoms with van der Waals surface area (Å²) in [6, 6.07) is 18.6. The van der Waals surface area contributed by atoms with Crippen molar-refractivity contribution >= 4 is 5.71 Å². The van der Waals surface area contributed by atoms with Crippen LogP contribution in [0.1, 0.15) is 86.5 Å². The Labute approximate surface area is 253 Å². The Morgan fingerprint density at radius 1 is 0.786 bits per heavy atom. The van der Waals surface area contributed by atoms with E-state index in [0.29, 0.717) is 31.5 Å². The number of hydrogen-bond acceptors (Lipinski definition) is 6. The lowest BCUT2D eigenvalue weighted by Gasteiger charge is -2.26. The maximum Gasteiger partial charge on any atom is 0.0667 e. The van der Waals surface area contributed by atoms with Crippen molar-refractivity contribution < 1.29 is 5.11 Å². The van der Waals surface area contributed by atoms with Crippen LogP contribution >= 0.6 is 0 Å². The summed E-state index contributed by atoms with van der Waals surface area (Å²) in [4.78, 5) is 21.4. The van der Waals surface area contributed by atoms with Crippen molar-refractivity contribution in [3.05, 3.63) is 101 Å². The van der Waals surface area contributed by atoms with Gasteiger partial charge in [0.25, 0.3) is 0 Å². The van der Waals surface area contributed by atoms with Crippen molar-refractivity contribution in [3.8, 4) is 0 Å². The van der Waals surface area contributed by atoms with E-state index in [4.69, 9.17) is 19.9 Å². The minimum absolute atomic E-state index is 0.408. The Hall–Kier alpha value is -3.22. The summed E-state index contributed by atoms with van der Waals surface area (Å²) >= 11 is 0. The molecule has 3 atom stereocenters. The average Bonchev–Trinajstić information content (AvgIpc) is 2.93. The molecule has 3 unspecified atom stereocenters. The van der Waals surface area contributed by atoms with E-state index in [9.17, 15) is 5.11 Å². The van der Waals surface area contributed by atoms with Gasteiger partial charge in [-0.2, -0.15) is 0 Å². The maximum atomic E-state index is 11.2. The van der Waals surface area contributed by atoms with Crippen LogP contribution in [0.15, 0.2) is 71.4 Å². The fraction of sp³-hybridized carbons (Fsp3) is 0.500. The van der Waals surface area contributed by atoms with Gasteiger partial charge in [-0.3, -0.25) is 24.8 Å². The fourth-order valence-electron chi connectivity index (χ4n) is 5.90. The highest BCUT2D eigenvalue weighted by atomic mass is 16.3. The third kappa shape index (κ3) is 10.6. The highest BCUT2D eigenvalue weighted by molar-refractivity contribution is 5.88. The molecular weight excluding hydrogens is 518 g/mol. The number of pyridine rings is 3. The van der Waals surface area contributed by atoms with Crippen molar-refractivity contribution in [2.45, 2.75) is 98.8 Å². The summed E-state index contributed by atoms with van der Waals surface area (Å²) in [7, 11) is 0. The zero-order valence-electron chi connectivity index (χ0n) is 26.3. The summed E-state index contributed by atoms with van der Waals surface area (Å²) in [5.41, 5.74) is 8.78. The third-order valence-electron chi connectivity index (χ3n) is 8.19. The first-order valence-electron chi connectivity index (χ1n) is 15.7. The van der Waals surface area contributed by atoms with E-state index in [-0.39, 0.29) is 0 Å². The summed E-state index contributed by atoms with van der Waals surface area (Å²) in [6.45, 7) is 12.5. The minimum Gasteiger partial charge on any atom is -0.392 e. The van der Waals surface area contributed by atoms with Crippen molar-refractivity contribution in [2.75, 3.05) is 6.54 Å². The number of aryl methyl sites for hydroxylation is 4. The van der Waals surface area contributed by atoms with Gasteiger partial charge in [-0.25, -0.2) is 0 Å². The molecule has 0 radical (unpaired) electrons. The van der Waals surface area contributed by atoms with Crippen LogP contribution in [0.3, 0.4) is 0 Å². The lowest BCUT2D eigenvalue weighted by molar-refractivity contribution is 0.0930. The Bertz CT molecular complexity index is 1300. The molecule has 0 spiro atoms. The van der Waals surface area contributed by atoms with E-state index in [1.54, 1.807) is 0 Å². The van der Waals surface area contributed by atoms with Crippen molar-refractivity contribution in [1.82, 2.24) is 19.9 Å². The van der Waals surface area contributed by atoms with Gasteiger partial charge in [0.05, 0.1) is 17.5 Å². The Morgan fingerprint density at radius 2 is 1.36 bits per heavy atom. The molecule has 0 fully saturated rings. The molecular formula is C36H49N5O. The molecule has 1 N–H and O–H groups in total. The van der Waals surface area contributed by atoms with E-state index >= 15 is 0 Å². The largest absolute Gasteiger partial charge is 0.392 e. The van der Waals surface area contributed by atoms with Crippen molar-refractivity contribution in [2.24, 2.45) is 16.8 Å². The van der Waals surface area contributed by atoms with Gasteiger partial charge in [0.2, 0.25) is 0 Å². The molecule has 0 aromatic carbocycles. The van der Waals surface area contributed by atoms with Crippen LogP contribution in [0.4, 0.5) is 0 Å². The zero-order chi connectivity index (χ0) is 29.9. The minimum atomic E-state index is -0.408. The van der Waals surface area contributed by atoms with Gasteiger partial charge in [0.15, 0.2) is 0 Å². The molecule has 224 valence electrons. The number of nitrogens with zero attached hydrogens (tertiary/aromatic N) is 5. The van der Waals surface area contributed by atoms with Crippen LogP contribution in [-0.2, 0) is 19.5 Å². The average molecular weight is 568 g/mol. The maximum absolute atomic E-state index is 11.2. The predicted octanol–water partition coefficient (Wildman–Crippen LogP) is 7.35. The number of aliphatic hydroxyl groups is 1. The molecule has 0 aliphatic carbocycles. The van der Waals surface area contributed by atoms with Gasteiger partial charge < -0.3 is 5.11 Å². The number of aliphatic hydroxyl groups excluding tert-OH is 1. The smallest absolute Gasteiger partial charge is 0.0667 e. The number of allylic oxidation sites excluding steroid dienone is 2. The summed E-state index contributed by atoms with van der Waals surface area (Å²) in [5.74, 6) is 1.02. The highest BCUT2D eigenvalue weighted by Crippen LogP contribution is 2.27. The molecule has 4 heterocycles. The van der Waals surface area contributed by atoms with Crippen LogP contribution < -0.4 is 0 Å². The standard InChI is InChI=1S/C36H49N5O/c1-26-18-19-30(5)40-36(26)22-31(20-21-32-14-6-10-27(2)37-32)13-9-17-35(42)25-41(23-33-15-7-11-28(3)38-33)24-34-16-8-12-29(4)39-34/h6-8,10-12,14-16,19,26,31,35,42H,9,13,17-18,20-25H2,1-5H3. The second-order valence-corrected chi connectivity index (χ2v) is 12.3. The number of aliphatic imine (C=N–C) groups is 1. The zero-order valence-corrected chi connectivity index (χ0v) is 26.3. The first-order chi connectivity index (χ1) is 20.2. The lowest BCUT2D eigenvalue weighted by atomic mass is 9.85. The molecule has 4 rings (SSSR count). The molecule has 0 saturated heterocycles. The number of aromatic nitrogens is 3. The molecule has 3 aromatic rings. The molecule has 1 aliphatic heterocycles. The van der Waals surface area contributed by atoms with Gasteiger partial charge >= 0.3 is 0 Å². The molecule has 6 nitrogen and oxygen atoms in total. The van der Waals surface area contributed by atoms with Crippen LogP contribution in [-0.4, -0.2) is 43.3 Å². The van der Waals surface area contributed by atoms with Crippen LogP contribution in [0.2, 0.25) is 0 Å². The first kappa shape index (κ1) is 31.7. The lowest BCUT2D eigenvalue weighted by Crippen LogP contribution is -2.32. The van der Waals surface area contributed by atoms with Crippen molar-refractivity contribution in [1.29, 1.82) is 0 Å². The summed E-state index contributed by atoms with van der Waals surface area (Å²) in [5, 5.41) is 11.2. The summed E-state index contributed by atoms with van der Waals surface area (Å²) < 4.78 is 0. The van der Waals surface area contributed by atoms with Crippen LogP contribution in [0, 0.1) is 32.6 Å². The van der Waals surface area contributed by atoms with Gasteiger partial charge in [0.1, 0.15) is 0 Å². The second-order valence-electron chi connectivity index (χ2n) is 12.3. The van der Waals surface area contributed by atoms with Gasteiger partial charge in [-0.05, 0) is 114 Å². The molecule has 0 amide bonds. The third-order valence-corrected chi connectivity index (χ3v) is 8.19. The molecule has 0 bridgehead atoms. The Balaban J connectivity index is 1.37. The Morgan fingerprint density at radius 3 is 1.95 bits per heavy atom. The van der Waals surface area contributed by atoms with Crippen LogP contribution in [0.25, 0.3) is 0 Å². The number of hydrogen-bond donors (Lipinski definition) is 1. The van der Waals surface area contributed by atoms with Gasteiger partial charge in [-0.15, -0.1) is 0 Å². The normalized spacial score (nSPS) is 16.7. The molecule has 6 heteroatoms. The molecule has 3 aromatic heterocycles. The molecule has 1 aliphatic rings. The highest BCUT2D eigenvalue weighted by Gasteiger charge is 2.21. The molecule has 0 saturated carbocycles.